The summed E-state index contributed by atoms with van der Waals surface area (Å²) in [4.78, 5) is 108. The Morgan fingerprint density at radius 1 is 0.385 bits per heavy atom. The summed E-state index contributed by atoms with van der Waals surface area (Å²) in [5.74, 6) is -2.21. The summed E-state index contributed by atoms with van der Waals surface area (Å²) in [6, 6.07) is 39.9. The molecule has 0 saturated heterocycles. The number of fused-ring (bicyclic) bond motifs is 3. The number of rotatable bonds is 31. The minimum Gasteiger partial charge on any atom is -0.503 e. The number of Topliss-reactive ketones (excluding diaryl/α,β-unsaturated/α-hetero) is 3. The number of nitrogens with zero attached hydrogens (tertiary/aromatic N) is 9. The van der Waals surface area contributed by atoms with E-state index >= 15 is 0 Å². The molecule has 12 aromatic rings. The van der Waals surface area contributed by atoms with Crippen LogP contribution in [0.3, 0.4) is 0 Å². The molecule has 3 unspecified atom stereocenters. The molecular weight excluding hydrogens is 1500 g/mol. The van der Waals surface area contributed by atoms with Crippen LogP contribution >= 0.6 is 0 Å². The van der Waals surface area contributed by atoms with E-state index < -0.39 is 70.5 Å². The van der Waals surface area contributed by atoms with Crippen molar-refractivity contribution in [2.45, 2.75) is 91.6 Å². The first-order valence-corrected chi connectivity index (χ1v) is 38.1. The Bertz CT molecular complexity index is 5000. The van der Waals surface area contributed by atoms with Crippen molar-refractivity contribution in [2.24, 2.45) is 0 Å². The standard InChI is InChI=1S/3C28H27N3O6.C4H8O2/c3*1-3-36-21-10-9-19(16-22(21)35-2)25-24(26(32)23-15-18-7-4-5-8-20(18)37-23)27(33)28(34)31(25)13-6-12-30-14-11-29-17-30;1-3-6-4(2)5/h3*4-5,7-11,14-17,25,33H,3,6,12-13H2,1-2H3;3H2,1-2H3. The third kappa shape index (κ3) is 18.4. The van der Waals surface area contributed by atoms with Crippen LogP contribution in [0.4, 0.5) is 0 Å². The van der Waals surface area contributed by atoms with Gasteiger partial charge in [0.05, 0.1) is 102 Å². The van der Waals surface area contributed by atoms with Gasteiger partial charge in [0.2, 0.25) is 17.3 Å². The summed E-state index contributed by atoms with van der Waals surface area (Å²) in [7, 11) is 4.58. The van der Waals surface area contributed by atoms with Gasteiger partial charge in [-0.25, -0.2) is 15.0 Å². The van der Waals surface area contributed by atoms with Gasteiger partial charge in [-0.3, -0.25) is 33.6 Å². The number of furan rings is 3. The van der Waals surface area contributed by atoms with Crippen LogP contribution in [0.5, 0.6) is 34.5 Å². The second-order valence-electron chi connectivity index (χ2n) is 26.8. The zero-order valence-electron chi connectivity index (χ0n) is 65.8. The zero-order chi connectivity index (χ0) is 82.8. The van der Waals surface area contributed by atoms with Crippen molar-refractivity contribution < 1.29 is 95.3 Å². The maximum Gasteiger partial charge on any atom is 0.302 e. The van der Waals surface area contributed by atoms with E-state index in [1.165, 1.54) is 43.0 Å². The fourth-order valence-electron chi connectivity index (χ4n) is 14.2. The highest BCUT2D eigenvalue weighted by Crippen LogP contribution is 2.46. The Morgan fingerprint density at radius 2 is 0.675 bits per heavy atom. The summed E-state index contributed by atoms with van der Waals surface area (Å²) in [6.07, 6.45) is 17.5. The molecule has 9 heterocycles. The lowest BCUT2D eigenvalue weighted by molar-refractivity contribution is -0.140. The van der Waals surface area contributed by atoms with Crippen LogP contribution in [0.15, 0.2) is 249 Å². The number of aryl methyl sites for hydroxylation is 3. The Balaban J connectivity index is 0.000000156. The maximum atomic E-state index is 13.7. The lowest BCUT2D eigenvalue weighted by Gasteiger charge is -2.27. The SMILES string of the molecule is CCOC(C)=O.CCOc1ccc(C2C(C(=O)c3cc4ccccc4o3)=C(O)C(=O)N2CCCn2ccnc2)cc1OC.CCOc1ccc(C2C(C(=O)c3cc4ccccc4o3)=C(O)C(=O)N2CCCn2ccnc2)cc1OC.CCOc1ccc(C2C(C(=O)c3cc4ccccc4o3)=C(O)C(=O)N2CCCn2ccnc2)cc1OC. The smallest absolute Gasteiger partial charge is 0.302 e. The van der Waals surface area contributed by atoms with Gasteiger partial charge in [-0.2, -0.15) is 0 Å². The first-order valence-electron chi connectivity index (χ1n) is 38.1. The van der Waals surface area contributed by atoms with Gasteiger partial charge in [0.25, 0.3) is 17.7 Å². The van der Waals surface area contributed by atoms with Gasteiger partial charge < -0.3 is 90.1 Å². The molecule has 6 aromatic heterocycles. The quantitative estimate of drug-likeness (QED) is 0.0268. The lowest BCUT2D eigenvalue weighted by Crippen LogP contribution is -2.32. The van der Waals surface area contributed by atoms with E-state index in [0.29, 0.717) is 153 Å². The zero-order valence-corrected chi connectivity index (χ0v) is 65.8. The predicted molar refractivity (Wildman–Crippen MR) is 429 cm³/mol. The number of esters is 1. The molecule has 0 spiro atoms. The van der Waals surface area contributed by atoms with E-state index in [1.807, 2.05) is 108 Å². The number of ether oxygens (including phenoxy) is 7. The summed E-state index contributed by atoms with van der Waals surface area (Å²) < 4.78 is 61.0. The number of hydrogen-bond donors (Lipinski definition) is 3. The van der Waals surface area contributed by atoms with Crippen molar-refractivity contribution in [1.82, 2.24) is 43.4 Å². The van der Waals surface area contributed by atoms with E-state index in [9.17, 15) is 48.9 Å². The molecule has 3 N–H and O–H groups in total. The first kappa shape index (κ1) is 82.3. The van der Waals surface area contributed by atoms with E-state index in [-0.39, 0.29) is 40.0 Å². The number of hydrogen-bond acceptors (Lipinski definition) is 23. The topological polar surface area (TPSA) is 347 Å². The van der Waals surface area contributed by atoms with Gasteiger partial charge in [0, 0.05) is 99.5 Å². The average Bonchev–Trinajstić information content (AvgIpc) is 1.62. The summed E-state index contributed by atoms with van der Waals surface area (Å²) in [6.45, 7) is 13.4. The van der Waals surface area contributed by atoms with Crippen molar-refractivity contribution in [2.75, 3.05) is 67.4 Å². The number of amides is 3. The molecule has 3 aliphatic heterocycles. The van der Waals surface area contributed by atoms with Gasteiger partial charge in [0.1, 0.15) is 16.7 Å². The largest absolute Gasteiger partial charge is 0.503 e. The van der Waals surface area contributed by atoms with Crippen LogP contribution in [-0.2, 0) is 43.5 Å². The monoisotopic (exact) mass is 1590 g/mol. The average molecular weight is 1590 g/mol. The van der Waals surface area contributed by atoms with Crippen LogP contribution < -0.4 is 28.4 Å². The normalized spacial score (nSPS) is 15.2. The van der Waals surface area contributed by atoms with Crippen molar-refractivity contribution >= 4 is 73.9 Å². The van der Waals surface area contributed by atoms with Crippen molar-refractivity contribution in [1.29, 1.82) is 0 Å². The van der Waals surface area contributed by atoms with Crippen LogP contribution in [0, 0.1) is 0 Å². The van der Waals surface area contributed by atoms with Gasteiger partial charge in [-0.05, 0) is 136 Å². The fraction of sp³-hybridized carbons (Fsp3) is 0.273. The Hall–Kier alpha value is -14.1. The van der Waals surface area contributed by atoms with Gasteiger partial charge in [-0.1, -0.05) is 72.8 Å². The van der Waals surface area contributed by atoms with Gasteiger partial charge in [0.15, 0.2) is 69.1 Å². The molecule has 0 fully saturated rings. The van der Waals surface area contributed by atoms with Crippen LogP contribution in [-0.4, -0.2) is 167 Å². The molecular formula is C88H89N9O20. The Labute approximate surface area is 672 Å². The summed E-state index contributed by atoms with van der Waals surface area (Å²) in [5, 5.41) is 35.2. The number of carbonyl (C=O) groups excluding carboxylic acids is 7. The Kier molecular flexibility index (Phi) is 26.8. The number of aliphatic hydroxyl groups is 3. The maximum absolute atomic E-state index is 13.7. The highest BCUT2D eigenvalue weighted by molar-refractivity contribution is 6.18. The minimum absolute atomic E-state index is 0.0297. The molecule has 0 aliphatic carbocycles. The number of carbonyl (C=O) groups is 7. The molecule has 29 nitrogen and oxygen atoms in total. The number of imidazole rings is 3. The van der Waals surface area contributed by atoms with Crippen LogP contribution in [0.2, 0.25) is 0 Å². The van der Waals surface area contributed by atoms with Crippen LogP contribution in [0.25, 0.3) is 32.9 Å². The van der Waals surface area contributed by atoms with Crippen LogP contribution in [0.1, 0.15) is 120 Å². The molecule has 6 aromatic carbocycles. The number of aliphatic hydroxyl groups excluding tert-OH is 3. The fourth-order valence-corrected chi connectivity index (χ4v) is 14.2. The third-order valence-corrected chi connectivity index (χ3v) is 19.5. The number of benzene rings is 6. The van der Waals surface area contributed by atoms with E-state index in [2.05, 4.69) is 19.7 Å². The molecule has 606 valence electrons. The molecule has 3 amide bonds. The summed E-state index contributed by atoms with van der Waals surface area (Å²) >= 11 is 0. The molecule has 3 aliphatic rings. The first-order chi connectivity index (χ1) is 56.8. The van der Waals surface area contributed by atoms with Crippen molar-refractivity contribution in [3.05, 3.63) is 270 Å². The van der Waals surface area contributed by atoms with E-state index in [0.717, 1.165) is 16.2 Å². The number of aromatic nitrogens is 6. The predicted octanol–water partition coefficient (Wildman–Crippen LogP) is 14.7. The number of methoxy groups -OCH3 is 3. The van der Waals surface area contributed by atoms with Gasteiger partial charge in [-0.15, -0.1) is 0 Å². The second-order valence-corrected chi connectivity index (χ2v) is 26.8. The van der Waals surface area contributed by atoms with Crippen molar-refractivity contribution in [3.8, 4) is 34.5 Å². The van der Waals surface area contributed by atoms with Crippen molar-refractivity contribution in [3.63, 3.8) is 0 Å². The van der Waals surface area contributed by atoms with E-state index in [4.69, 9.17) is 41.7 Å². The van der Waals surface area contributed by atoms with Gasteiger partial charge >= 0.3 is 5.97 Å². The second kappa shape index (κ2) is 38.1. The molecule has 29 heteroatoms. The highest BCUT2D eigenvalue weighted by Gasteiger charge is 2.48. The summed E-state index contributed by atoms with van der Waals surface area (Å²) in [5.41, 5.74) is 3.39. The number of para-hydroxylation sites is 3. The molecule has 0 radical (unpaired) electrons. The lowest BCUT2D eigenvalue weighted by atomic mass is 9.94. The molecule has 15 rings (SSSR count). The molecule has 117 heavy (non-hydrogen) atoms. The molecule has 0 saturated carbocycles. The minimum atomic E-state index is -0.833. The van der Waals surface area contributed by atoms with E-state index in [1.54, 1.807) is 135 Å². The Morgan fingerprint density at radius 3 is 0.906 bits per heavy atom. The molecule has 0 bridgehead atoms. The third-order valence-electron chi connectivity index (χ3n) is 19.5. The number of ketones is 3. The highest BCUT2D eigenvalue weighted by atomic mass is 16.5. The molecule has 3 atom stereocenters.